The maximum absolute atomic E-state index is 12.9. The van der Waals surface area contributed by atoms with Crippen molar-refractivity contribution in [2.24, 2.45) is 0 Å². The quantitative estimate of drug-likeness (QED) is 0.424. The lowest BCUT2D eigenvalue weighted by Gasteiger charge is -2.35. The van der Waals surface area contributed by atoms with Gasteiger partial charge in [0.05, 0.1) is 23.8 Å². The molecule has 1 aliphatic rings. The van der Waals surface area contributed by atoms with E-state index in [0.717, 1.165) is 12.1 Å². The van der Waals surface area contributed by atoms with E-state index in [1.165, 1.54) is 17.0 Å². The van der Waals surface area contributed by atoms with Gasteiger partial charge < -0.3 is 20.7 Å². The molecule has 1 unspecified atom stereocenters. The van der Waals surface area contributed by atoms with E-state index >= 15 is 0 Å². The Morgan fingerprint density at radius 3 is 2.31 bits per heavy atom. The predicted octanol–water partition coefficient (Wildman–Crippen LogP) is 5.66. The van der Waals surface area contributed by atoms with Crippen LogP contribution in [0.3, 0.4) is 0 Å². The molecule has 192 valence electrons. The fraction of sp³-hybridized carbons (Fsp3) is 0.320. The highest BCUT2D eigenvalue weighted by molar-refractivity contribution is 6.00. The van der Waals surface area contributed by atoms with E-state index in [4.69, 9.17) is 4.74 Å². The Kier molecular flexibility index (Phi) is 8.23. The van der Waals surface area contributed by atoms with E-state index in [9.17, 15) is 27.6 Å². The SMILES string of the molecule is CCCN1C(=O)NC(c2cccc(NC(=O)Nc3cccc(C(F)(F)F)c3)c2)C(C(=O)OCC)=C1C. The van der Waals surface area contributed by atoms with Crippen molar-refractivity contribution in [3.05, 3.63) is 70.9 Å². The molecule has 0 radical (unpaired) electrons. The summed E-state index contributed by atoms with van der Waals surface area (Å²) in [5.74, 6) is -0.568. The van der Waals surface area contributed by atoms with Crippen molar-refractivity contribution in [2.75, 3.05) is 23.8 Å². The number of hydrogen-bond acceptors (Lipinski definition) is 4. The Morgan fingerprint density at radius 2 is 1.69 bits per heavy atom. The maximum atomic E-state index is 12.9. The number of hydrogen-bond donors (Lipinski definition) is 3. The van der Waals surface area contributed by atoms with Gasteiger partial charge in [-0.15, -0.1) is 0 Å². The summed E-state index contributed by atoms with van der Waals surface area (Å²) in [7, 11) is 0. The van der Waals surface area contributed by atoms with Crippen LogP contribution in [0.5, 0.6) is 0 Å². The van der Waals surface area contributed by atoms with Crippen LogP contribution >= 0.6 is 0 Å². The molecule has 2 aromatic carbocycles. The van der Waals surface area contributed by atoms with E-state index in [2.05, 4.69) is 16.0 Å². The molecular weight excluding hydrogens is 477 g/mol. The van der Waals surface area contributed by atoms with E-state index in [1.54, 1.807) is 38.1 Å². The molecule has 4 amide bonds. The van der Waals surface area contributed by atoms with Crippen LogP contribution in [0, 0.1) is 0 Å². The molecule has 0 aromatic heterocycles. The zero-order valence-corrected chi connectivity index (χ0v) is 20.0. The Hall–Kier alpha value is -4.02. The third kappa shape index (κ3) is 6.15. The number of carbonyl (C=O) groups is 3. The number of amides is 4. The largest absolute Gasteiger partial charge is 0.463 e. The molecular formula is C25H27F3N4O4. The lowest BCUT2D eigenvalue weighted by molar-refractivity contribution is -0.139. The Bertz CT molecular complexity index is 1180. The molecule has 0 spiro atoms. The number of halogens is 3. The summed E-state index contributed by atoms with van der Waals surface area (Å²) in [6.07, 6.45) is -3.85. The highest BCUT2D eigenvalue weighted by Gasteiger charge is 2.36. The van der Waals surface area contributed by atoms with Gasteiger partial charge in [0.1, 0.15) is 0 Å². The average molecular weight is 505 g/mol. The number of rotatable bonds is 7. The lowest BCUT2D eigenvalue weighted by Crippen LogP contribution is -2.48. The minimum absolute atomic E-state index is 0.0304. The number of nitrogens with one attached hydrogen (secondary N) is 3. The summed E-state index contributed by atoms with van der Waals surface area (Å²) in [6, 6.07) is 8.76. The first-order valence-corrected chi connectivity index (χ1v) is 11.4. The molecule has 8 nitrogen and oxygen atoms in total. The molecule has 0 bridgehead atoms. The Labute approximate surface area is 206 Å². The second kappa shape index (κ2) is 11.1. The summed E-state index contributed by atoms with van der Waals surface area (Å²) < 4.78 is 44.0. The summed E-state index contributed by atoms with van der Waals surface area (Å²) in [4.78, 5) is 39.5. The monoisotopic (exact) mass is 504 g/mol. The first-order chi connectivity index (χ1) is 17.0. The van der Waals surface area contributed by atoms with Gasteiger partial charge in [-0.3, -0.25) is 4.90 Å². The van der Waals surface area contributed by atoms with E-state index in [0.29, 0.717) is 29.9 Å². The highest BCUT2D eigenvalue weighted by atomic mass is 19.4. The van der Waals surface area contributed by atoms with Gasteiger partial charge in [0.15, 0.2) is 0 Å². The molecule has 1 atom stereocenters. The second-order valence-electron chi connectivity index (χ2n) is 8.04. The third-order valence-electron chi connectivity index (χ3n) is 5.46. The molecule has 11 heteroatoms. The first kappa shape index (κ1) is 26.6. The Balaban J connectivity index is 1.84. The standard InChI is InChI=1S/C25H27F3N4O4/c1-4-12-32-15(3)20(22(33)36-5-2)21(31-24(32)35)16-8-6-10-18(13-16)29-23(34)30-19-11-7-9-17(14-19)25(26,27)28/h6-11,13-14,21H,4-5,12H2,1-3H3,(H,31,35)(H2,29,30,34). The number of ether oxygens (including phenoxy) is 1. The zero-order chi connectivity index (χ0) is 26.5. The number of alkyl halides is 3. The minimum Gasteiger partial charge on any atom is -0.463 e. The van der Waals surface area contributed by atoms with Gasteiger partial charge in [0.2, 0.25) is 0 Å². The molecule has 1 heterocycles. The molecule has 3 rings (SSSR count). The van der Waals surface area contributed by atoms with Crippen molar-refractivity contribution in [3.63, 3.8) is 0 Å². The van der Waals surface area contributed by atoms with Crippen LogP contribution in [-0.2, 0) is 15.7 Å². The van der Waals surface area contributed by atoms with Crippen LogP contribution in [0.2, 0.25) is 0 Å². The smallest absolute Gasteiger partial charge is 0.416 e. The van der Waals surface area contributed by atoms with Crippen molar-refractivity contribution >= 4 is 29.4 Å². The van der Waals surface area contributed by atoms with Crippen molar-refractivity contribution in [1.82, 2.24) is 10.2 Å². The van der Waals surface area contributed by atoms with Crippen molar-refractivity contribution < 1.29 is 32.3 Å². The maximum Gasteiger partial charge on any atom is 0.416 e. The van der Waals surface area contributed by atoms with E-state index < -0.39 is 29.8 Å². The zero-order valence-electron chi connectivity index (χ0n) is 20.0. The van der Waals surface area contributed by atoms with Crippen molar-refractivity contribution in [2.45, 2.75) is 39.4 Å². The second-order valence-corrected chi connectivity index (χ2v) is 8.04. The molecule has 3 N–H and O–H groups in total. The van der Waals surface area contributed by atoms with Crippen LogP contribution in [0.15, 0.2) is 59.8 Å². The predicted molar refractivity (Wildman–Crippen MR) is 128 cm³/mol. The van der Waals surface area contributed by atoms with Crippen LogP contribution < -0.4 is 16.0 Å². The van der Waals surface area contributed by atoms with Crippen LogP contribution in [0.25, 0.3) is 0 Å². The third-order valence-corrected chi connectivity index (χ3v) is 5.46. The van der Waals surface area contributed by atoms with Crippen LogP contribution in [0.4, 0.5) is 34.1 Å². The fourth-order valence-electron chi connectivity index (χ4n) is 3.86. The first-order valence-electron chi connectivity index (χ1n) is 11.4. The molecule has 2 aromatic rings. The summed E-state index contributed by atoms with van der Waals surface area (Å²) >= 11 is 0. The number of allylic oxidation sites excluding steroid dienone is 1. The molecule has 0 aliphatic carbocycles. The number of benzene rings is 2. The summed E-state index contributed by atoms with van der Waals surface area (Å²) in [5.41, 5.74) is 0.653. The topological polar surface area (TPSA) is 99.8 Å². The summed E-state index contributed by atoms with van der Waals surface area (Å²) in [5, 5.41) is 7.75. The molecule has 0 saturated heterocycles. The van der Waals surface area contributed by atoms with Gasteiger partial charge in [-0.1, -0.05) is 25.1 Å². The molecule has 0 saturated carbocycles. The van der Waals surface area contributed by atoms with Crippen molar-refractivity contribution in [3.8, 4) is 0 Å². The normalized spacial score (nSPS) is 15.9. The number of carbonyl (C=O) groups excluding carboxylic acids is 3. The fourth-order valence-corrected chi connectivity index (χ4v) is 3.86. The number of urea groups is 2. The van der Waals surface area contributed by atoms with Gasteiger partial charge in [0, 0.05) is 23.6 Å². The number of anilines is 2. The van der Waals surface area contributed by atoms with E-state index in [-0.39, 0.29) is 23.9 Å². The summed E-state index contributed by atoms with van der Waals surface area (Å²) in [6.45, 7) is 5.85. The number of nitrogens with zero attached hydrogens (tertiary/aromatic N) is 1. The van der Waals surface area contributed by atoms with Gasteiger partial charge in [0.25, 0.3) is 0 Å². The van der Waals surface area contributed by atoms with Gasteiger partial charge >= 0.3 is 24.2 Å². The average Bonchev–Trinajstić information content (AvgIpc) is 2.81. The molecule has 36 heavy (non-hydrogen) atoms. The number of esters is 1. The molecule has 0 fully saturated rings. The van der Waals surface area contributed by atoms with Gasteiger partial charge in [-0.25, -0.2) is 14.4 Å². The molecule has 1 aliphatic heterocycles. The van der Waals surface area contributed by atoms with E-state index in [1.807, 2.05) is 6.92 Å². The van der Waals surface area contributed by atoms with Crippen molar-refractivity contribution in [1.29, 1.82) is 0 Å². The lowest BCUT2D eigenvalue weighted by atomic mass is 9.94. The van der Waals surface area contributed by atoms with Gasteiger partial charge in [-0.05, 0) is 56.2 Å². The van der Waals surface area contributed by atoms with Crippen LogP contribution in [0.1, 0.15) is 44.4 Å². The van der Waals surface area contributed by atoms with Crippen LogP contribution in [-0.4, -0.2) is 36.1 Å². The minimum atomic E-state index is -4.54. The Morgan fingerprint density at radius 1 is 1.06 bits per heavy atom. The highest BCUT2D eigenvalue weighted by Crippen LogP contribution is 2.33. The van der Waals surface area contributed by atoms with Gasteiger partial charge in [-0.2, -0.15) is 13.2 Å².